The molecule has 0 atom stereocenters. The number of rotatable bonds is 3. The average molecular weight is 446 g/mol. The molecule has 2 aromatic heterocycles. The van der Waals surface area contributed by atoms with Crippen LogP contribution in [0.4, 0.5) is 0 Å². The van der Waals surface area contributed by atoms with Crippen LogP contribution in [0.5, 0.6) is 0 Å². The second kappa shape index (κ2) is 8.51. The quantitative estimate of drug-likeness (QED) is 0.574. The van der Waals surface area contributed by atoms with E-state index in [0.29, 0.717) is 31.7 Å². The highest BCUT2D eigenvalue weighted by Crippen LogP contribution is 2.33. The van der Waals surface area contributed by atoms with Gasteiger partial charge in [0.1, 0.15) is 0 Å². The van der Waals surface area contributed by atoms with Gasteiger partial charge >= 0.3 is 0 Å². The summed E-state index contributed by atoms with van der Waals surface area (Å²) in [6, 6.07) is 14.1. The van der Waals surface area contributed by atoms with Crippen LogP contribution in [-0.2, 0) is 13.1 Å². The summed E-state index contributed by atoms with van der Waals surface area (Å²) in [5.74, 6) is 0.364. The first-order valence-electron chi connectivity index (χ1n) is 11.2. The van der Waals surface area contributed by atoms with E-state index in [1.165, 1.54) is 22.5 Å². The molecule has 0 saturated carbocycles. The van der Waals surface area contributed by atoms with E-state index in [2.05, 4.69) is 12.1 Å². The van der Waals surface area contributed by atoms with Crippen molar-refractivity contribution in [3.8, 4) is 0 Å². The summed E-state index contributed by atoms with van der Waals surface area (Å²) >= 11 is 1.51. The number of carbonyl (C=O) groups excluding carboxylic acids is 2. The molecule has 4 heterocycles. The van der Waals surface area contributed by atoms with Gasteiger partial charge in [-0.3, -0.25) is 14.6 Å². The van der Waals surface area contributed by atoms with E-state index in [9.17, 15) is 9.59 Å². The predicted octanol–water partition coefficient (Wildman–Crippen LogP) is 4.94. The molecule has 1 saturated heterocycles. The van der Waals surface area contributed by atoms with E-state index < -0.39 is 0 Å². The van der Waals surface area contributed by atoms with Gasteiger partial charge in [-0.15, -0.1) is 11.3 Å². The van der Waals surface area contributed by atoms with E-state index in [4.69, 9.17) is 4.98 Å². The molecule has 0 N–H and O–H groups in total. The molecule has 6 heteroatoms. The smallest absolute Gasteiger partial charge is 0.264 e. The molecule has 0 unspecified atom stereocenters. The van der Waals surface area contributed by atoms with Crippen molar-refractivity contribution in [2.24, 2.45) is 0 Å². The van der Waals surface area contributed by atoms with Gasteiger partial charge in [0.05, 0.1) is 16.1 Å². The lowest BCUT2D eigenvalue weighted by Gasteiger charge is -2.32. The SMILES string of the molecule is Cc1ccc(C(=O)N2Cc3ccccc3C2)c(C2CCN(C(=O)c3sccc3C)CC2)n1. The first-order valence-corrected chi connectivity index (χ1v) is 12.1. The van der Waals surface area contributed by atoms with E-state index in [-0.39, 0.29) is 17.7 Å². The van der Waals surface area contributed by atoms with Crippen molar-refractivity contribution >= 4 is 23.2 Å². The molecule has 0 radical (unpaired) electrons. The van der Waals surface area contributed by atoms with Crippen molar-refractivity contribution in [2.45, 2.75) is 45.7 Å². The van der Waals surface area contributed by atoms with Crippen molar-refractivity contribution < 1.29 is 9.59 Å². The summed E-state index contributed by atoms with van der Waals surface area (Å²) in [5.41, 5.74) is 6.01. The van der Waals surface area contributed by atoms with Crippen molar-refractivity contribution in [2.75, 3.05) is 13.1 Å². The third-order valence-electron chi connectivity index (χ3n) is 6.65. The van der Waals surface area contributed by atoms with Crippen LogP contribution in [0.3, 0.4) is 0 Å². The molecule has 2 aliphatic rings. The zero-order chi connectivity index (χ0) is 22.2. The number of likely N-dealkylation sites (tertiary alicyclic amines) is 1. The highest BCUT2D eigenvalue weighted by molar-refractivity contribution is 7.12. The number of amides is 2. The Balaban J connectivity index is 1.33. The van der Waals surface area contributed by atoms with Gasteiger partial charge in [0.15, 0.2) is 0 Å². The fraction of sp³-hybridized carbons (Fsp3) is 0.346. The summed E-state index contributed by atoms with van der Waals surface area (Å²) in [7, 11) is 0. The lowest BCUT2D eigenvalue weighted by atomic mass is 9.89. The Labute approximate surface area is 192 Å². The second-order valence-corrected chi connectivity index (χ2v) is 9.73. The zero-order valence-corrected chi connectivity index (χ0v) is 19.3. The molecule has 1 fully saturated rings. The lowest BCUT2D eigenvalue weighted by Crippen LogP contribution is -2.38. The van der Waals surface area contributed by atoms with Crippen LogP contribution in [0.2, 0.25) is 0 Å². The Hall–Kier alpha value is -2.99. The van der Waals surface area contributed by atoms with Gasteiger partial charge in [0.2, 0.25) is 0 Å². The van der Waals surface area contributed by atoms with Crippen LogP contribution in [0.1, 0.15) is 66.9 Å². The number of hydrogen-bond donors (Lipinski definition) is 0. The maximum atomic E-state index is 13.5. The Morgan fingerprint density at radius 3 is 2.22 bits per heavy atom. The van der Waals surface area contributed by atoms with Crippen LogP contribution >= 0.6 is 11.3 Å². The van der Waals surface area contributed by atoms with Gasteiger partial charge < -0.3 is 9.80 Å². The highest BCUT2D eigenvalue weighted by atomic mass is 32.1. The first-order chi connectivity index (χ1) is 15.5. The van der Waals surface area contributed by atoms with Gasteiger partial charge in [0, 0.05) is 37.8 Å². The standard InChI is InChI=1S/C26H27N3O2S/c1-17-11-14-32-24(17)26(31)28-12-9-19(10-13-28)23-22(8-7-18(2)27-23)25(30)29-15-20-5-3-4-6-21(20)16-29/h3-8,11,14,19H,9-10,12-13,15-16H2,1-2H3. The van der Waals surface area contributed by atoms with E-state index in [1.54, 1.807) is 0 Å². The second-order valence-electron chi connectivity index (χ2n) is 8.81. The maximum absolute atomic E-state index is 13.5. The van der Waals surface area contributed by atoms with Crippen molar-refractivity contribution in [1.82, 2.24) is 14.8 Å². The number of carbonyl (C=O) groups is 2. The summed E-state index contributed by atoms with van der Waals surface area (Å²) < 4.78 is 0. The van der Waals surface area contributed by atoms with Gasteiger partial charge in [-0.05, 0) is 67.0 Å². The summed E-state index contributed by atoms with van der Waals surface area (Å²) in [6.07, 6.45) is 1.65. The summed E-state index contributed by atoms with van der Waals surface area (Å²) in [4.78, 5) is 35.9. The average Bonchev–Trinajstić information content (AvgIpc) is 3.44. The van der Waals surface area contributed by atoms with Crippen LogP contribution in [0.25, 0.3) is 0 Å². The van der Waals surface area contributed by atoms with Crippen LogP contribution in [-0.4, -0.2) is 39.7 Å². The van der Waals surface area contributed by atoms with Gasteiger partial charge in [0.25, 0.3) is 11.8 Å². The molecular formula is C26H27N3O2S. The molecule has 0 bridgehead atoms. The Kier molecular flexibility index (Phi) is 5.55. The summed E-state index contributed by atoms with van der Waals surface area (Å²) in [6.45, 7) is 6.65. The first kappa shape index (κ1) is 20.9. The highest BCUT2D eigenvalue weighted by Gasteiger charge is 2.31. The fourth-order valence-electron chi connectivity index (χ4n) is 4.81. The molecule has 2 amide bonds. The Morgan fingerprint density at radius 2 is 1.59 bits per heavy atom. The molecule has 164 valence electrons. The van der Waals surface area contributed by atoms with Crippen LogP contribution in [0.15, 0.2) is 47.8 Å². The molecule has 2 aliphatic heterocycles. The van der Waals surface area contributed by atoms with Crippen LogP contribution < -0.4 is 0 Å². The van der Waals surface area contributed by atoms with Gasteiger partial charge in [-0.1, -0.05) is 24.3 Å². The minimum atomic E-state index is 0.0522. The third-order valence-corrected chi connectivity index (χ3v) is 7.65. The fourth-order valence-corrected chi connectivity index (χ4v) is 5.70. The van der Waals surface area contributed by atoms with E-state index in [0.717, 1.165) is 34.7 Å². The molecule has 0 aliphatic carbocycles. The van der Waals surface area contributed by atoms with Crippen molar-refractivity contribution in [3.05, 3.63) is 86.4 Å². The van der Waals surface area contributed by atoms with Gasteiger partial charge in [-0.25, -0.2) is 0 Å². The molecule has 5 rings (SSSR count). The monoisotopic (exact) mass is 445 g/mol. The molecule has 1 aromatic carbocycles. The number of thiophene rings is 1. The minimum absolute atomic E-state index is 0.0522. The number of pyridine rings is 1. The molecule has 3 aromatic rings. The number of hydrogen-bond acceptors (Lipinski definition) is 4. The van der Waals surface area contributed by atoms with Crippen molar-refractivity contribution in [3.63, 3.8) is 0 Å². The minimum Gasteiger partial charge on any atom is -0.338 e. The topological polar surface area (TPSA) is 53.5 Å². The number of aromatic nitrogens is 1. The number of fused-ring (bicyclic) bond motifs is 1. The normalized spacial score (nSPS) is 16.3. The third kappa shape index (κ3) is 3.84. The largest absolute Gasteiger partial charge is 0.338 e. The Bertz CT molecular complexity index is 1150. The molecule has 32 heavy (non-hydrogen) atoms. The van der Waals surface area contributed by atoms with Gasteiger partial charge in [-0.2, -0.15) is 0 Å². The molecule has 0 spiro atoms. The van der Waals surface area contributed by atoms with E-state index >= 15 is 0 Å². The summed E-state index contributed by atoms with van der Waals surface area (Å²) in [5, 5.41) is 1.97. The van der Waals surface area contributed by atoms with Crippen LogP contribution in [0, 0.1) is 13.8 Å². The lowest BCUT2D eigenvalue weighted by molar-refractivity contribution is 0.0706. The number of piperidine rings is 1. The molecule has 5 nitrogen and oxygen atoms in total. The number of benzene rings is 1. The number of aryl methyl sites for hydroxylation is 2. The zero-order valence-electron chi connectivity index (χ0n) is 18.5. The molecular weight excluding hydrogens is 418 g/mol. The Morgan fingerprint density at radius 1 is 0.906 bits per heavy atom. The number of nitrogens with zero attached hydrogens (tertiary/aromatic N) is 3. The predicted molar refractivity (Wildman–Crippen MR) is 126 cm³/mol. The van der Waals surface area contributed by atoms with Crippen molar-refractivity contribution in [1.29, 1.82) is 0 Å². The van der Waals surface area contributed by atoms with E-state index in [1.807, 2.05) is 59.4 Å². The maximum Gasteiger partial charge on any atom is 0.264 e.